The van der Waals surface area contributed by atoms with Crippen LogP contribution in [0.25, 0.3) is 10.8 Å². The van der Waals surface area contributed by atoms with E-state index in [0.717, 1.165) is 10.8 Å². The molecule has 0 aliphatic heterocycles. The first-order valence-electron chi connectivity index (χ1n) is 9.07. The molecule has 136 valence electrons. The number of benzene rings is 4. The highest BCUT2D eigenvalue weighted by atomic mass is 16.5. The van der Waals surface area contributed by atoms with Gasteiger partial charge < -0.3 is 4.74 Å². The molecule has 3 nitrogen and oxygen atoms in total. The summed E-state index contributed by atoms with van der Waals surface area (Å²) < 4.78 is 5.76. The van der Waals surface area contributed by atoms with Crippen LogP contribution >= 0.6 is 0 Å². The first kappa shape index (κ1) is 17.7. The molecule has 0 fully saturated rings. The number of rotatable bonds is 5. The van der Waals surface area contributed by atoms with Gasteiger partial charge in [0.1, 0.15) is 0 Å². The number of ketones is 1. The molecular formula is C25H18O3. The molecule has 0 aliphatic carbocycles. The average molecular weight is 366 g/mol. The van der Waals surface area contributed by atoms with Crippen LogP contribution in [0.15, 0.2) is 103 Å². The zero-order valence-electron chi connectivity index (χ0n) is 15.1. The van der Waals surface area contributed by atoms with E-state index in [-0.39, 0.29) is 5.78 Å². The van der Waals surface area contributed by atoms with E-state index in [1.807, 2.05) is 60.7 Å². The van der Waals surface area contributed by atoms with Crippen molar-refractivity contribution in [1.29, 1.82) is 0 Å². The van der Waals surface area contributed by atoms with Crippen LogP contribution in [0.2, 0.25) is 0 Å². The van der Waals surface area contributed by atoms with Gasteiger partial charge in [-0.3, -0.25) is 4.79 Å². The molecule has 0 aliphatic rings. The van der Waals surface area contributed by atoms with Crippen molar-refractivity contribution in [3.63, 3.8) is 0 Å². The number of carbonyl (C=O) groups is 2. The third-order valence-electron chi connectivity index (χ3n) is 4.63. The second-order valence-corrected chi connectivity index (χ2v) is 6.45. The fourth-order valence-electron chi connectivity index (χ4n) is 3.23. The highest BCUT2D eigenvalue weighted by Crippen LogP contribution is 2.26. The van der Waals surface area contributed by atoms with Crippen LogP contribution < -0.4 is 0 Å². The van der Waals surface area contributed by atoms with Crippen molar-refractivity contribution in [2.24, 2.45) is 0 Å². The standard InChI is InChI=1S/C25H18O3/c26-23(19-11-3-1-4-12-19)24(20-13-5-2-6-14-20)28-25(27)22-17-9-15-18-10-7-8-16-21(18)22/h1-17,24H. The van der Waals surface area contributed by atoms with Gasteiger partial charge in [-0.1, -0.05) is 97.1 Å². The molecule has 0 aromatic heterocycles. The summed E-state index contributed by atoms with van der Waals surface area (Å²) in [4.78, 5) is 26.1. The number of fused-ring (bicyclic) bond motifs is 1. The summed E-state index contributed by atoms with van der Waals surface area (Å²) in [5, 5.41) is 1.75. The zero-order chi connectivity index (χ0) is 19.3. The Labute approximate surface area is 163 Å². The molecule has 4 rings (SSSR count). The lowest BCUT2D eigenvalue weighted by Crippen LogP contribution is -2.20. The van der Waals surface area contributed by atoms with Crippen molar-refractivity contribution in [3.05, 3.63) is 120 Å². The Morgan fingerprint density at radius 1 is 0.643 bits per heavy atom. The van der Waals surface area contributed by atoms with Crippen molar-refractivity contribution < 1.29 is 14.3 Å². The monoisotopic (exact) mass is 366 g/mol. The van der Waals surface area contributed by atoms with Crippen LogP contribution in [-0.2, 0) is 4.74 Å². The Balaban J connectivity index is 1.71. The topological polar surface area (TPSA) is 43.4 Å². The van der Waals surface area contributed by atoms with Gasteiger partial charge in [-0.2, -0.15) is 0 Å². The predicted molar refractivity (Wildman–Crippen MR) is 109 cm³/mol. The number of esters is 1. The third kappa shape index (κ3) is 3.55. The molecule has 28 heavy (non-hydrogen) atoms. The van der Waals surface area contributed by atoms with Crippen LogP contribution in [0.5, 0.6) is 0 Å². The van der Waals surface area contributed by atoms with Gasteiger partial charge in [0.2, 0.25) is 5.78 Å². The largest absolute Gasteiger partial charge is 0.445 e. The molecule has 1 atom stereocenters. The van der Waals surface area contributed by atoms with E-state index in [1.165, 1.54) is 0 Å². The molecule has 0 heterocycles. The van der Waals surface area contributed by atoms with E-state index in [9.17, 15) is 9.59 Å². The zero-order valence-corrected chi connectivity index (χ0v) is 15.1. The quantitative estimate of drug-likeness (QED) is 0.340. The van der Waals surface area contributed by atoms with Gasteiger partial charge >= 0.3 is 5.97 Å². The molecule has 4 aromatic rings. The van der Waals surface area contributed by atoms with Gasteiger partial charge in [-0.25, -0.2) is 4.79 Å². The summed E-state index contributed by atoms with van der Waals surface area (Å²) in [6, 6.07) is 31.1. The van der Waals surface area contributed by atoms with Crippen molar-refractivity contribution in [2.45, 2.75) is 6.10 Å². The molecular weight excluding hydrogens is 348 g/mol. The molecule has 3 heteroatoms. The Morgan fingerprint density at radius 3 is 2.00 bits per heavy atom. The van der Waals surface area contributed by atoms with Gasteiger partial charge in [-0.15, -0.1) is 0 Å². The van der Waals surface area contributed by atoms with Crippen LogP contribution in [-0.4, -0.2) is 11.8 Å². The minimum atomic E-state index is -1.00. The summed E-state index contributed by atoms with van der Waals surface area (Å²) in [6.07, 6.45) is -1.00. The number of hydrogen-bond acceptors (Lipinski definition) is 3. The normalized spacial score (nSPS) is 11.7. The second-order valence-electron chi connectivity index (χ2n) is 6.45. The fourth-order valence-corrected chi connectivity index (χ4v) is 3.23. The molecule has 0 N–H and O–H groups in total. The Morgan fingerprint density at radius 2 is 1.25 bits per heavy atom. The van der Waals surface area contributed by atoms with Crippen LogP contribution in [0, 0.1) is 0 Å². The Hall–Kier alpha value is -3.72. The van der Waals surface area contributed by atoms with Gasteiger partial charge in [0.15, 0.2) is 6.10 Å². The van der Waals surface area contributed by atoms with Crippen molar-refractivity contribution in [2.75, 3.05) is 0 Å². The Bertz CT molecular complexity index is 1110. The van der Waals surface area contributed by atoms with E-state index >= 15 is 0 Å². The summed E-state index contributed by atoms with van der Waals surface area (Å²) in [6.45, 7) is 0. The molecule has 0 radical (unpaired) electrons. The number of carbonyl (C=O) groups excluding carboxylic acids is 2. The summed E-state index contributed by atoms with van der Waals surface area (Å²) in [5.41, 5.74) is 1.59. The lowest BCUT2D eigenvalue weighted by atomic mass is 9.99. The lowest BCUT2D eigenvalue weighted by molar-refractivity contribution is 0.0282. The third-order valence-corrected chi connectivity index (χ3v) is 4.63. The fraction of sp³-hybridized carbons (Fsp3) is 0.0400. The number of hydrogen-bond donors (Lipinski definition) is 0. The van der Waals surface area contributed by atoms with Gasteiger partial charge in [0.25, 0.3) is 0 Å². The minimum absolute atomic E-state index is 0.250. The molecule has 0 amide bonds. The molecule has 0 bridgehead atoms. The molecule has 0 saturated heterocycles. The minimum Gasteiger partial charge on any atom is -0.445 e. The predicted octanol–water partition coefficient (Wildman–Crippen LogP) is 5.62. The van der Waals surface area contributed by atoms with Crippen molar-refractivity contribution in [3.8, 4) is 0 Å². The van der Waals surface area contributed by atoms with Crippen molar-refractivity contribution >= 4 is 22.5 Å². The van der Waals surface area contributed by atoms with E-state index in [4.69, 9.17) is 4.74 Å². The smallest absolute Gasteiger partial charge is 0.339 e. The van der Waals surface area contributed by atoms with Gasteiger partial charge in [-0.05, 0) is 16.8 Å². The van der Waals surface area contributed by atoms with Crippen LogP contribution in [0.1, 0.15) is 32.4 Å². The van der Waals surface area contributed by atoms with E-state index < -0.39 is 12.1 Å². The highest BCUT2D eigenvalue weighted by Gasteiger charge is 2.27. The highest BCUT2D eigenvalue weighted by molar-refractivity contribution is 6.06. The van der Waals surface area contributed by atoms with E-state index in [0.29, 0.717) is 16.7 Å². The SMILES string of the molecule is O=C(OC(C(=O)c1ccccc1)c1ccccc1)c1cccc2ccccc12. The maximum atomic E-state index is 13.1. The molecule has 0 saturated carbocycles. The molecule has 1 unspecified atom stereocenters. The molecule has 4 aromatic carbocycles. The van der Waals surface area contributed by atoms with Gasteiger partial charge in [0.05, 0.1) is 5.56 Å². The lowest BCUT2D eigenvalue weighted by Gasteiger charge is -2.18. The number of ether oxygens (including phenoxy) is 1. The maximum Gasteiger partial charge on any atom is 0.339 e. The van der Waals surface area contributed by atoms with Crippen LogP contribution in [0.4, 0.5) is 0 Å². The first-order valence-corrected chi connectivity index (χ1v) is 9.07. The van der Waals surface area contributed by atoms with E-state index in [2.05, 4.69) is 0 Å². The average Bonchev–Trinajstić information content (AvgIpc) is 2.77. The maximum absolute atomic E-state index is 13.1. The van der Waals surface area contributed by atoms with E-state index in [1.54, 1.807) is 42.5 Å². The number of Topliss-reactive ketones (excluding diaryl/α,β-unsaturated/α-hetero) is 1. The van der Waals surface area contributed by atoms with Crippen LogP contribution in [0.3, 0.4) is 0 Å². The summed E-state index contributed by atoms with van der Waals surface area (Å²) in [5.74, 6) is -0.768. The van der Waals surface area contributed by atoms with Gasteiger partial charge in [0, 0.05) is 11.1 Å². The summed E-state index contributed by atoms with van der Waals surface area (Å²) in [7, 11) is 0. The summed E-state index contributed by atoms with van der Waals surface area (Å²) >= 11 is 0. The Kier molecular flexibility index (Phi) is 4.98. The first-order chi connectivity index (χ1) is 13.7. The second kappa shape index (κ2) is 7.89. The van der Waals surface area contributed by atoms with Crippen molar-refractivity contribution in [1.82, 2.24) is 0 Å². The molecule has 0 spiro atoms.